The normalized spacial score (nSPS) is 16.5. The highest BCUT2D eigenvalue weighted by Crippen LogP contribution is 2.37. The molecule has 4 aromatic heterocycles. The largest absolute Gasteiger partial charge is 0.444 e. The average molecular weight is 529 g/mol. The Morgan fingerprint density at radius 3 is 2.78 bits per heavy atom. The number of hydrogen-bond donors (Lipinski definition) is 1. The molecule has 1 aliphatic heterocycles. The zero-order valence-electron chi connectivity index (χ0n) is 20.9. The molecule has 12 heteroatoms. The van der Waals surface area contributed by atoms with Crippen LogP contribution in [0.25, 0.3) is 16.9 Å². The Kier molecular flexibility index (Phi) is 6.37. The van der Waals surface area contributed by atoms with Crippen molar-refractivity contribution in [3.63, 3.8) is 0 Å². The summed E-state index contributed by atoms with van der Waals surface area (Å²) in [5, 5.41) is 9.03. The van der Waals surface area contributed by atoms with E-state index in [1.54, 1.807) is 22.0 Å². The molecule has 0 spiro atoms. The number of fused-ring (bicyclic) bond motifs is 1. The molecular weight excluding hydrogens is 500 g/mol. The summed E-state index contributed by atoms with van der Waals surface area (Å²) < 4.78 is 13.6. The van der Waals surface area contributed by atoms with E-state index in [2.05, 4.69) is 19.8 Å². The number of ether oxygens (including phenoxy) is 1. The Morgan fingerprint density at radius 1 is 1.31 bits per heavy atom. The fraction of sp³-hybridized carbons (Fsp3) is 0.458. The van der Waals surface area contributed by atoms with Crippen molar-refractivity contribution >= 4 is 45.7 Å². The smallest absolute Gasteiger partial charge is 0.410 e. The number of nitrogens with zero attached hydrogens (tertiary/aromatic N) is 7. The Bertz CT molecular complexity index is 1420. The Hall–Kier alpha value is -3.18. The lowest BCUT2D eigenvalue weighted by molar-refractivity contribution is 0.0197. The van der Waals surface area contributed by atoms with E-state index < -0.39 is 5.60 Å². The van der Waals surface area contributed by atoms with Gasteiger partial charge in [-0.05, 0) is 58.1 Å². The van der Waals surface area contributed by atoms with E-state index in [0.29, 0.717) is 35.4 Å². The lowest BCUT2D eigenvalue weighted by atomic mass is 9.95. The number of halogens is 1. The number of piperidine rings is 1. The fourth-order valence-corrected chi connectivity index (χ4v) is 5.41. The topological polar surface area (TPSA) is 102 Å². The second-order valence-corrected chi connectivity index (χ2v) is 11.2. The first-order chi connectivity index (χ1) is 17.1. The molecule has 1 aliphatic rings. The number of imidazole rings is 1. The van der Waals surface area contributed by atoms with Gasteiger partial charge in [-0.15, -0.1) is 0 Å². The second kappa shape index (κ2) is 9.36. The molecule has 36 heavy (non-hydrogen) atoms. The number of nitrogens with one attached hydrogen (secondary N) is 1. The maximum Gasteiger partial charge on any atom is 0.410 e. The third-order valence-electron chi connectivity index (χ3n) is 5.94. The van der Waals surface area contributed by atoms with Crippen LogP contribution in [0.5, 0.6) is 0 Å². The number of likely N-dealkylation sites (tertiary alicyclic amines) is 1. The predicted molar refractivity (Wildman–Crippen MR) is 140 cm³/mol. The molecule has 4 aromatic rings. The van der Waals surface area contributed by atoms with Crippen LogP contribution < -0.4 is 5.32 Å². The van der Waals surface area contributed by atoms with Crippen LogP contribution in [0, 0.1) is 6.92 Å². The van der Waals surface area contributed by atoms with Crippen LogP contribution in [0.4, 0.5) is 15.6 Å². The van der Waals surface area contributed by atoms with Crippen molar-refractivity contribution in [1.82, 2.24) is 33.4 Å². The SMILES string of the molecule is Cc1cc(Nc2nc(C3CCCN(C(=O)OC(C)(C)C)C3)c(Cl)n3c(-c4cnn(C)c4)cnc23)sn1. The molecule has 10 nitrogen and oxygen atoms in total. The van der Waals surface area contributed by atoms with Crippen molar-refractivity contribution < 1.29 is 9.53 Å². The molecule has 1 N–H and O–H groups in total. The summed E-state index contributed by atoms with van der Waals surface area (Å²) in [5.74, 6) is 0.527. The first-order valence-electron chi connectivity index (χ1n) is 11.8. The molecule has 1 amide bonds. The van der Waals surface area contributed by atoms with Gasteiger partial charge in [-0.25, -0.2) is 14.8 Å². The van der Waals surface area contributed by atoms with Crippen molar-refractivity contribution in [1.29, 1.82) is 0 Å². The fourth-order valence-electron chi connectivity index (χ4n) is 4.38. The predicted octanol–water partition coefficient (Wildman–Crippen LogP) is 5.41. The van der Waals surface area contributed by atoms with Gasteiger partial charge in [0.25, 0.3) is 0 Å². The van der Waals surface area contributed by atoms with Gasteiger partial charge in [-0.1, -0.05) is 11.6 Å². The van der Waals surface area contributed by atoms with Crippen LogP contribution in [0.15, 0.2) is 24.7 Å². The van der Waals surface area contributed by atoms with E-state index in [1.807, 2.05) is 51.4 Å². The lowest BCUT2D eigenvalue weighted by Gasteiger charge is -2.34. The molecule has 0 aliphatic carbocycles. The number of carbonyl (C=O) groups excluding carboxylic acids is 1. The van der Waals surface area contributed by atoms with Gasteiger partial charge in [0.15, 0.2) is 11.5 Å². The molecular formula is C24H29ClN8O2S. The van der Waals surface area contributed by atoms with E-state index in [0.717, 1.165) is 34.8 Å². The summed E-state index contributed by atoms with van der Waals surface area (Å²) in [4.78, 5) is 24.2. The minimum Gasteiger partial charge on any atom is -0.444 e. The van der Waals surface area contributed by atoms with Crippen LogP contribution in [0.1, 0.15) is 50.9 Å². The van der Waals surface area contributed by atoms with Crippen molar-refractivity contribution in [3.05, 3.63) is 41.2 Å². The van der Waals surface area contributed by atoms with Crippen molar-refractivity contribution in [2.24, 2.45) is 7.05 Å². The van der Waals surface area contributed by atoms with Gasteiger partial charge in [-0.3, -0.25) is 9.08 Å². The standard InChI is InChI=1S/C24H29ClN8O2S/c1-14-9-18(36-30-14)28-21-22-26-11-17(16-10-27-31(5)12-16)33(22)20(25)19(29-21)15-7-6-8-32(13-15)23(34)35-24(2,3)4/h9-12,15H,6-8,13H2,1-5H3,(H,28,29). The average Bonchev–Trinajstić information content (AvgIpc) is 3.54. The number of hydrogen-bond acceptors (Lipinski definition) is 8. The lowest BCUT2D eigenvalue weighted by Crippen LogP contribution is -2.42. The summed E-state index contributed by atoms with van der Waals surface area (Å²) in [6.07, 6.45) is 6.85. The summed E-state index contributed by atoms with van der Waals surface area (Å²) in [6.45, 7) is 8.68. The minimum atomic E-state index is -0.557. The molecule has 1 unspecified atom stereocenters. The maximum atomic E-state index is 12.8. The van der Waals surface area contributed by atoms with Gasteiger partial charge in [0.1, 0.15) is 15.8 Å². The van der Waals surface area contributed by atoms with Crippen LogP contribution in [-0.2, 0) is 11.8 Å². The summed E-state index contributed by atoms with van der Waals surface area (Å²) in [5.41, 5.74) is 3.39. The Labute approximate surface area is 218 Å². The van der Waals surface area contributed by atoms with Gasteiger partial charge in [-0.2, -0.15) is 9.47 Å². The van der Waals surface area contributed by atoms with Crippen LogP contribution in [0.3, 0.4) is 0 Å². The summed E-state index contributed by atoms with van der Waals surface area (Å²) in [7, 11) is 1.87. The molecule has 5 heterocycles. The summed E-state index contributed by atoms with van der Waals surface area (Å²) in [6, 6.07) is 1.97. The number of carbonyl (C=O) groups is 1. The van der Waals surface area contributed by atoms with Crippen LogP contribution in [0.2, 0.25) is 5.15 Å². The third kappa shape index (κ3) is 4.90. The van der Waals surface area contributed by atoms with E-state index in [4.69, 9.17) is 21.3 Å². The first-order valence-corrected chi connectivity index (χ1v) is 13.0. The highest BCUT2D eigenvalue weighted by Gasteiger charge is 2.32. The van der Waals surface area contributed by atoms with Gasteiger partial charge in [0, 0.05) is 37.8 Å². The maximum absolute atomic E-state index is 12.8. The van der Waals surface area contributed by atoms with Crippen LogP contribution >= 0.6 is 23.1 Å². The van der Waals surface area contributed by atoms with E-state index in [9.17, 15) is 4.79 Å². The molecule has 0 bridgehead atoms. The number of aryl methyl sites for hydroxylation is 2. The van der Waals surface area contributed by atoms with E-state index in [1.165, 1.54) is 11.5 Å². The molecule has 190 valence electrons. The molecule has 0 radical (unpaired) electrons. The van der Waals surface area contributed by atoms with Gasteiger partial charge < -0.3 is 15.0 Å². The second-order valence-electron chi connectivity index (χ2n) is 10.1. The first kappa shape index (κ1) is 24.5. The molecule has 1 fully saturated rings. The van der Waals surface area contributed by atoms with Crippen molar-refractivity contribution in [3.8, 4) is 11.3 Å². The molecule has 1 atom stereocenters. The van der Waals surface area contributed by atoms with Gasteiger partial charge >= 0.3 is 6.09 Å². The molecule has 0 saturated carbocycles. The van der Waals surface area contributed by atoms with Gasteiger partial charge in [0.05, 0.1) is 29.5 Å². The third-order valence-corrected chi connectivity index (χ3v) is 7.10. The highest BCUT2D eigenvalue weighted by molar-refractivity contribution is 7.10. The van der Waals surface area contributed by atoms with Gasteiger partial charge in [0.2, 0.25) is 0 Å². The van der Waals surface area contributed by atoms with E-state index in [-0.39, 0.29) is 12.0 Å². The number of rotatable bonds is 4. The highest BCUT2D eigenvalue weighted by atomic mass is 35.5. The monoisotopic (exact) mass is 528 g/mol. The number of aromatic nitrogens is 6. The number of amides is 1. The minimum absolute atomic E-state index is 0.0592. The van der Waals surface area contributed by atoms with E-state index >= 15 is 0 Å². The molecule has 1 saturated heterocycles. The Morgan fingerprint density at radius 2 is 2.11 bits per heavy atom. The Balaban J connectivity index is 1.58. The molecule has 0 aromatic carbocycles. The number of anilines is 2. The van der Waals surface area contributed by atoms with Crippen LogP contribution in [-0.4, -0.2) is 58.2 Å². The zero-order chi connectivity index (χ0) is 25.6. The summed E-state index contributed by atoms with van der Waals surface area (Å²) >= 11 is 8.41. The quantitative estimate of drug-likeness (QED) is 0.378. The zero-order valence-corrected chi connectivity index (χ0v) is 22.5. The molecule has 5 rings (SSSR count). The van der Waals surface area contributed by atoms with Crippen molar-refractivity contribution in [2.45, 2.75) is 52.1 Å². The van der Waals surface area contributed by atoms with Crippen molar-refractivity contribution in [2.75, 3.05) is 18.4 Å².